The quantitative estimate of drug-likeness (QED) is 0.392. The summed E-state index contributed by atoms with van der Waals surface area (Å²) in [6, 6.07) is 19.4. The number of amides is 1. The van der Waals surface area contributed by atoms with E-state index in [2.05, 4.69) is 25.4 Å². The number of aromatic nitrogens is 4. The molecule has 0 unspecified atom stereocenters. The number of ether oxygens (including phenoxy) is 1. The molecule has 0 saturated carbocycles. The number of carbonyl (C=O) groups excluding carboxylic acids is 1. The summed E-state index contributed by atoms with van der Waals surface area (Å²) in [5.74, 6) is 0.662. The zero-order valence-corrected chi connectivity index (χ0v) is 19.6. The average molecular weight is 491 g/mol. The largest absolute Gasteiger partial charge is 0.378 e. The minimum atomic E-state index is -0.322. The summed E-state index contributed by atoms with van der Waals surface area (Å²) < 4.78 is 20.7. The molecule has 0 aliphatic carbocycles. The Labute approximate surface area is 206 Å². The van der Waals surface area contributed by atoms with Crippen LogP contribution in [0.15, 0.2) is 78.1 Å². The maximum atomic E-state index is 13.4. The molecular formula is C25H23FN6O2S. The van der Waals surface area contributed by atoms with Gasteiger partial charge in [0.2, 0.25) is 5.91 Å². The molecule has 0 atom stereocenters. The van der Waals surface area contributed by atoms with Crippen molar-refractivity contribution in [1.29, 1.82) is 0 Å². The lowest BCUT2D eigenvalue weighted by atomic mass is 10.2. The standard InChI is InChI=1S/C25H23FN6O2S/c26-19-8-6-18(7-9-19)24-29-30-25(32(24)20-4-2-1-3-5-20)35-17-23(33)28-22-11-10-21(16-27-22)31-12-14-34-15-13-31/h1-11,16H,12-15,17H2,(H,27,28,33). The summed E-state index contributed by atoms with van der Waals surface area (Å²) in [5, 5.41) is 12.0. The summed E-state index contributed by atoms with van der Waals surface area (Å²) in [6.07, 6.45) is 1.76. The molecular weight excluding hydrogens is 467 g/mol. The number of benzene rings is 2. The van der Waals surface area contributed by atoms with Gasteiger partial charge in [-0.2, -0.15) is 0 Å². The molecule has 0 spiro atoms. The molecule has 0 bridgehead atoms. The summed E-state index contributed by atoms with van der Waals surface area (Å²) in [4.78, 5) is 19.2. The van der Waals surface area contributed by atoms with Gasteiger partial charge < -0.3 is 15.0 Å². The Morgan fingerprint density at radius 1 is 0.971 bits per heavy atom. The first kappa shape index (κ1) is 23.0. The van der Waals surface area contributed by atoms with E-state index < -0.39 is 0 Å². The number of nitrogens with one attached hydrogen (secondary N) is 1. The van der Waals surface area contributed by atoms with E-state index >= 15 is 0 Å². The van der Waals surface area contributed by atoms with Crippen molar-refractivity contribution >= 4 is 29.2 Å². The number of anilines is 2. The second-order valence-corrected chi connectivity index (χ2v) is 8.76. The first-order chi connectivity index (χ1) is 17.2. The lowest BCUT2D eigenvalue weighted by Crippen LogP contribution is -2.36. The number of morpholine rings is 1. The zero-order valence-electron chi connectivity index (χ0n) is 18.8. The second kappa shape index (κ2) is 10.7. The molecule has 2 aromatic heterocycles. The van der Waals surface area contributed by atoms with Gasteiger partial charge in [0.05, 0.1) is 30.9 Å². The van der Waals surface area contributed by atoms with Crippen LogP contribution in [0, 0.1) is 5.82 Å². The van der Waals surface area contributed by atoms with Crippen molar-refractivity contribution in [2.75, 3.05) is 42.3 Å². The third-order valence-corrected chi connectivity index (χ3v) is 6.40. The van der Waals surface area contributed by atoms with Gasteiger partial charge >= 0.3 is 0 Å². The highest BCUT2D eigenvalue weighted by Crippen LogP contribution is 2.28. The molecule has 178 valence electrons. The number of halogens is 1. The van der Waals surface area contributed by atoms with Gasteiger partial charge in [-0.15, -0.1) is 10.2 Å². The Bertz CT molecular complexity index is 1280. The minimum Gasteiger partial charge on any atom is -0.378 e. The molecule has 3 heterocycles. The van der Waals surface area contributed by atoms with Crippen molar-refractivity contribution in [2.24, 2.45) is 0 Å². The first-order valence-corrected chi connectivity index (χ1v) is 12.1. The highest BCUT2D eigenvalue weighted by atomic mass is 32.2. The van der Waals surface area contributed by atoms with Crippen LogP contribution < -0.4 is 10.2 Å². The predicted octanol–water partition coefficient (Wildman–Crippen LogP) is 4.04. The van der Waals surface area contributed by atoms with Gasteiger partial charge in [0.25, 0.3) is 0 Å². The maximum Gasteiger partial charge on any atom is 0.236 e. The number of nitrogens with zero attached hydrogens (tertiary/aromatic N) is 5. The highest BCUT2D eigenvalue weighted by Gasteiger charge is 2.18. The van der Waals surface area contributed by atoms with Crippen LogP contribution in [0.5, 0.6) is 0 Å². The summed E-state index contributed by atoms with van der Waals surface area (Å²) >= 11 is 1.27. The Morgan fingerprint density at radius 2 is 1.74 bits per heavy atom. The molecule has 0 radical (unpaired) electrons. The monoisotopic (exact) mass is 490 g/mol. The van der Waals surface area contributed by atoms with Crippen LogP contribution in [0.3, 0.4) is 0 Å². The number of rotatable bonds is 7. The van der Waals surface area contributed by atoms with Crippen LogP contribution in [-0.2, 0) is 9.53 Å². The lowest BCUT2D eigenvalue weighted by molar-refractivity contribution is -0.113. The molecule has 2 aromatic carbocycles. The fourth-order valence-corrected chi connectivity index (χ4v) is 4.49. The fraction of sp³-hybridized carbons (Fsp3) is 0.200. The van der Waals surface area contributed by atoms with Crippen LogP contribution in [0.1, 0.15) is 0 Å². The molecule has 1 aliphatic heterocycles. The van der Waals surface area contributed by atoms with Crippen molar-refractivity contribution in [1.82, 2.24) is 19.7 Å². The molecule has 8 nitrogen and oxygen atoms in total. The van der Waals surface area contributed by atoms with E-state index in [9.17, 15) is 9.18 Å². The molecule has 1 aliphatic rings. The summed E-state index contributed by atoms with van der Waals surface area (Å²) in [7, 11) is 0. The van der Waals surface area contributed by atoms with Gasteiger partial charge in [-0.3, -0.25) is 9.36 Å². The Morgan fingerprint density at radius 3 is 2.46 bits per heavy atom. The van der Waals surface area contributed by atoms with E-state index in [1.54, 1.807) is 24.4 Å². The Hall–Kier alpha value is -3.76. The van der Waals surface area contributed by atoms with E-state index in [4.69, 9.17) is 4.74 Å². The zero-order chi connectivity index (χ0) is 24.0. The smallest absolute Gasteiger partial charge is 0.236 e. The number of pyridine rings is 1. The number of thioether (sulfide) groups is 1. The Kier molecular flexibility index (Phi) is 7.01. The fourth-order valence-electron chi connectivity index (χ4n) is 3.74. The van der Waals surface area contributed by atoms with E-state index in [1.807, 2.05) is 41.0 Å². The van der Waals surface area contributed by atoms with Gasteiger partial charge in [0, 0.05) is 24.3 Å². The lowest BCUT2D eigenvalue weighted by Gasteiger charge is -2.28. The summed E-state index contributed by atoms with van der Waals surface area (Å²) in [6.45, 7) is 3.05. The third kappa shape index (κ3) is 5.50. The number of hydrogen-bond donors (Lipinski definition) is 1. The second-order valence-electron chi connectivity index (χ2n) is 7.82. The van der Waals surface area contributed by atoms with Gasteiger partial charge in [-0.05, 0) is 48.5 Å². The van der Waals surface area contributed by atoms with Crippen molar-refractivity contribution in [3.8, 4) is 17.1 Å². The molecule has 10 heteroatoms. The van der Waals surface area contributed by atoms with E-state index in [-0.39, 0.29) is 17.5 Å². The van der Waals surface area contributed by atoms with Crippen LogP contribution in [0.2, 0.25) is 0 Å². The van der Waals surface area contributed by atoms with Gasteiger partial charge in [0.15, 0.2) is 11.0 Å². The van der Waals surface area contributed by atoms with Gasteiger partial charge in [-0.25, -0.2) is 9.37 Å². The normalized spacial score (nSPS) is 13.6. The molecule has 1 N–H and O–H groups in total. The number of carbonyl (C=O) groups is 1. The van der Waals surface area contributed by atoms with Crippen molar-refractivity contribution in [2.45, 2.75) is 5.16 Å². The van der Waals surface area contributed by atoms with Crippen LogP contribution >= 0.6 is 11.8 Å². The molecule has 35 heavy (non-hydrogen) atoms. The first-order valence-electron chi connectivity index (χ1n) is 11.2. The van der Waals surface area contributed by atoms with Crippen LogP contribution in [0.25, 0.3) is 17.1 Å². The van der Waals surface area contributed by atoms with E-state index in [1.165, 1.54) is 23.9 Å². The highest BCUT2D eigenvalue weighted by molar-refractivity contribution is 7.99. The van der Waals surface area contributed by atoms with Crippen molar-refractivity contribution < 1.29 is 13.9 Å². The van der Waals surface area contributed by atoms with E-state index in [0.29, 0.717) is 30.0 Å². The Balaban J connectivity index is 1.28. The van der Waals surface area contributed by atoms with Crippen LogP contribution in [0.4, 0.5) is 15.9 Å². The average Bonchev–Trinajstić information content (AvgIpc) is 3.33. The van der Waals surface area contributed by atoms with Crippen molar-refractivity contribution in [3.63, 3.8) is 0 Å². The molecule has 1 amide bonds. The topological polar surface area (TPSA) is 85.2 Å². The third-order valence-electron chi connectivity index (χ3n) is 5.47. The van der Waals surface area contributed by atoms with Crippen LogP contribution in [-0.4, -0.2) is 57.7 Å². The molecule has 5 rings (SSSR count). The van der Waals surface area contributed by atoms with Gasteiger partial charge in [0.1, 0.15) is 11.6 Å². The van der Waals surface area contributed by atoms with E-state index in [0.717, 1.165) is 30.0 Å². The molecule has 4 aromatic rings. The molecule has 1 fully saturated rings. The van der Waals surface area contributed by atoms with Crippen molar-refractivity contribution in [3.05, 3.63) is 78.7 Å². The van der Waals surface area contributed by atoms with Gasteiger partial charge in [-0.1, -0.05) is 30.0 Å². The predicted molar refractivity (Wildman–Crippen MR) is 133 cm³/mol. The number of hydrogen-bond acceptors (Lipinski definition) is 7. The maximum absolute atomic E-state index is 13.4. The minimum absolute atomic E-state index is 0.126. The SMILES string of the molecule is O=C(CSc1nnc(-c2ccc(F)cc2)n1-c1ccccc1)Nc1ccc(N2CCOCC2)cn1. The summed E-state index contributed by atoms with van der Waals surface area (Å²) in [5.41, 5.74) is 2.58. The number of para-hydroxylation sites is 1. The molecule has 1 saturated heterocycles.